The van der Waals surface area contributed by atoms with E-state index >= 15 is 0 Å². The summed E-state index contributed by atoms with van der Waals surface area (Å²) in [6, 6.07) is 25.7. The van der Waals surface area contributed by atoms with Crippen molar-refractivity contribution in [1.29, 1.82) is 0 Å². The molecule has 0 atom stereocenters. The number of carboxylic acid groups (broad SMARTS) is 1. The number of nitrogens with one attached hydrogen (secondary N) is 2. The molecule has 1 amide bonds. The van der Waals surface area contributed by atoms with Gasteiger partial charge >= 0.3 is 17.9 Å². The Labute approximate surface area is 448 Å². The van der Waals surface area contributed by atoms with Crippen molar-refractivity contribution >= 4 is 127 Å². The second kappa shape index (κ2) is 22.5. The molecule has 9 aromatic rings. The summed E-state index contributed by atoms with van der Waals surface area (Å²) in [7, 11) is -6.08. The van der Waals surface area contributed by atoms with Gasteiger partial charge in [0, 0.05) is 67.7 Å². The number of anilines is 3. The predicted molar refractivity (Wildman–Crippen MR) is 297 cm³/mol. The fourth-order valence-electron chi connectivity index (χ4n) is 9.67. The van der Waals surface area contributed by atoms with Crippen molar-refractivity contribution in [2.45, 2.75) is 102 Å². The van der Waals surface area contributed by atoms with Gasteiger partial charge in [0.15, 0.2) is 0 Å². The summed E-state index contributed by atoms with van der Waals surface area (Å²) in [4.78, 5) is 50.6. The fraction of sp³-hybridized carbons (Fsp3) is 0.298. The summed E-state index contributed by atoms with van der Waals surface area (Å²) < 4.78 is 91.6. The first-order chi connectivity index (χ1) is 36.9. The third kappa shape index (κ3) is 11.8. The number of methoxy groups -OCH3 is 2. The van der Waals surface area contributed by atoms with E-state index in [1.165, 1.54) is 61.6 Å². The largest absolute Gasteiger partial charge is 0.478 e. The summed E-state index contributed by atoms with van der Waals surface area (Å²) in [5.74, 6) is -2.34. The van der Waals surface area contributed by atoms with E-state index in [0.29, 0.717) is 60.7 Å². The van der Waals surface area contributed by atoms with E-state index in [1.807, 2.05) is 71.9 Å². The van der Waals surface area contributed by atoms with E-state index < -0.39 is 32.2 Å². The Hall–Kier alpha value is -7.98. The van der Waals surface area contributed by atoms with Crippen LogP contribution in [-0.4, -0.2) is 87.2 Å². The van der Waals surface area contributed by atoms with E-state index in [2.05, 4.69) is 10.6 Å². The van der Waals surface area contributed by atoms with Crippen LogP contribution >= 0.6 is 0 Å². The van der Waals surface area contributed by atoms with Crippen molar-refractivity contribution < 1.29 is 73.0 Å². The monoisotopic (exact) mass is 1110 g/mol. The lowest BCUT2D eigenvalue weighted by molar-refractivity contribution is -0.123. The van der Waals surface area contributed by atoms with E-state index in [-0.39, 0.29) is 62.5 Å². The highest BCUT2D eigenvalue weighted by atomic mass is 32.2. The quantitative estimate of drug-likeness (QED) is 0.0561. The maximum atomic E-state index is 13.4. The average Bonchev–Trinajstić information content (AvgIpc) is 4.08. The molecule has 3 aromatic heterocycles. The zero-order valence-corrected chi connectivity index (χ0v) is 45.6. The van der Waals surface area contributed by atoms with E-state index in [1.54, 1.807) is 24.3 Å². The van der Waals surface area contributed by atoms with Gasteiger partial charge in [-0.15, -0.1) is 0 Å². The standard InChI is InChI=1S/C23H25NO7S.C17H17NO6S.C17H17NO3/c1-13(2)24(22(25)14-6-4-3-5-7-14)19-11-17-16-10-15(32(28,29)30)8-9-20(16)31-21(17)12-18(19)23(26)27;1-9(2)18-14-7-12-11-6-10(25(20,21)22)4-5-15(11)24-16(12)8-13(14)17(19)23-3;1-10(2)18-14-8-12-11-6-4-5-7-15(11)21-16(12)9-13(14)17(19)20-3/h8-14H,3-7H2,1-2H3,(H,26,27)(H,28,29,30);4-9,18H,1-3H3,(H,20,21,22);4-10,18H,1-3H3. The first-order valence-corrected chi connectivity index (χ1v) is 27.9. The Bertz CT molecular complexity index is 4030. The van der Waals surface area contributed by atoms with Crippen LogP contribution in [-0.2, 0) is 34.5 Å². The van der Waals surface area contributed by atoms with Gasteiger partial charge in [0.1, 0.15) is 33.5 Å². The minimum Gasteiger partial charge on any atom is -0.478 e. The smallest absolute Gasteiger partial charge is 0.340 e. The van der Waals surface area contributed by atoms with Gasteiger partial charge in [-0.25, -0.2) is 14.4 Å². The molecule has 0 unspecified atom stereocenters. The number of nitrogens with zero attached hydrogens (tertiary/aromatic N) is 1. The normalized spacial score (nSPS) is 13.2. The van der Waals surface area contributed by atoms with Crippen molar-refractivity contribution in [3.63, 3.8) is 0 Å². The highest BCUT2D eigenvalue weighted by molar-refractivity contribution is 7.86. The maximum Gasteiger partial charge on any atom is 0.340 e. The van der Waals surface area contributed by atoms with E-state index in [0.717, 1.165) is 54.1 Å². The third-order valence-electron chi connectivity index (χ3n) is 13.1. The molecule has 0 aliphatic heterocycles. The molecule has 0 saturated heterocycles. The van der Waals surface area contributed by atoms with Crippen molar-refractivity contribution in [2.24, 2.45) is 5.92 Å². The highest BCUT2D eigenvalue weighted by Gasteiger charge is 2.32. The second-order valence-corrected chi connectivity index (χ2v) is 22.6. The number of esters is 2. The number of benzene rings is 6. The van der Waals surface area contributed by atoms with E-state index in [9.17, 15) is 50.2 Å². The number of amides is 1. The number of aromatic carboxylic acids is 1. The molecule has 1 saturated carbocycles. The number of carbonyl (C=O) groups excluding carboxylic acids is 3. The topological polar surface area (TPSA) is 282 Å². The Kier molecular flexibility index (Phi) is 16.3. The number of carbonyl (C=O) groups is 4. The average molecular weight is 1110 g/mol. The third-order valence-corrected chi connectivity index (χ3v) is 14.8. The summed E-state index contributed by atoms with van der Waals surface area (Å²) in [5.41, 5.74) is 5.24. The second-order valence-electron chi connectivity index (χ2n) is 19.7. The van der Waals surface area contributed by atoms with Gasteiger partial charge in [0.05, 0.1) is 46.4 Å². The molecule has 3 heterocycles. The number of carboxylic acids is 1. The predicted octanol–water partition coefficient (Wildman–Crippen LogP) is 12.5. The molecular weight excluding hydrogens is 1050 g/mol. The molecule has 0 spiro atoms. The van der Waals surface area contributed by atoms with Crippen LogP contribution in [0.2, 0.25) is 0 Å². The molecule has 78 heavy (non-hydrogen) atoms. The molecule has 1 fully saturated rings. The molecule has 1 aliphatic rings. The number of fused-ring (bicyclic) bond motifs is 9. The van der Waals surface area contributed by atoms with Crippen molar-refractivity contribution in [3.05, 3.63) is 114 Å². The molecule has 10 rings (SSSR count). The molecule has 5 N–H and O–H groups in total. The van der Waals surface area contributed by atoms with Crippen LogP contribution in [0.25, 0.3) is 65.8 Å². The van der Waals surface area contributed by atoms with Crippen LogP contribution in [0.3, 0.4) is 0 Å². The van der Waals surface area contributed by atoms with Gasteiger partial charge in [-0.1, -0.05) is 37.5 Å². The maximum absolute atomic E-state index is 13.4. The van der Waals surface area contributed by atoms with Crippen LogP contribution in [0.15, 0.2) is 120 Å². The van der Waals surface area contributed by atoms with Crippen molar-refractivity contribution in [2.75, 3.05) is 29.8 Å². The van der Waals surface area contributed by atoms with Gasteiger partial charge in [-0.05, 0) is 133 Å². The number of para-hydroxylation sites is 1. The SMILES string of the molecule is CC(C)N(C(=O)C1CCCCC1)c1cc2c(cc1C(=O)O)oc1ccc(S(=O)(=O)O)cc12.COC(=O)c1cc2oc3ccc(S(=O)(=O)O)cc3c2cc1NC(C)C.COC(=O)c1cc2oc3ccccc3c2cc1NC(C)C. The minimum absolute atomic E-state index is 0.0624. The fourth-order valence-corrected chi connectivity index (χ4v) is 10.7. The summed E-state index contributed by atoms with van der Waals surface area (Å²) in [6.45, 7) is 11.6. The number of hydrogen-bond acceptors (Lipinski definition) is 15. The lowest BCUT2D eigenvalue weighted by Crippen LogP contribution is -2.42. The Balaban J connectivity index is 0.000000158. The van der Waals surface area contributed by atoms with Crippen molar-refractivity contribution in [1.82, 2.24) is 0 Å². The number of ether oxygens (including phenoxy) is 2. The van der Waals surface area contributed by atoms with Crippen molar-refractivity contribution in [3.8, 4) is 0 Å². The number of hydrogen-bond donors (Lipinski definition) is 5. The Morgan fingerprint density at radius 3 is 1.37 bits per heavy atom. The van der Waals surface area contributed by atoms with Crippen LogP contribution < -0.4 is 15.5 Å². The van der Waals surface area contributed by atoms with Gasteiger partial charge < -0.3 is 43.4 Å². The number of rotatable bonds is 12. The van der Waals surface area contributed by atoms with Crippen LogP contribution in [0.5, 0.6) is 0 Å². The molecule has 21 heteroatoms. The first-order valence-electron chi connectivity index (χ1n) is 25.0. The minimum atomic E-state index is -4.43. The molecule has 0 bridgehead atoms. The molecule has 19 nitrogen and oxygen atoms in total. The molecule has 0 radical (unpaired) electrons. The van der Waals surface area contributed by atoms with Crippen LogP contribution in [0, 0.1) is 5.92 Å². The zero-order valence-electron chi connectivity index (χ0n) is 44.0. The molecular formula is C57H59N3O16S2. The lowest BCUT2D eigenvalue weighted by Gasteiger charge is -2.33. The number of furan rings is 3. The molecule has 410 valence electrons. The zero-order chi connectivity index (χ0) is 56.5. The van der Waals surface area contributed by atoms with Crippen LogP contribution in [0.4, 0.5) is 17.1 Å². The summed E-state index contributed by atoms with van der Waals surface area (Å²) >= 11 is 0. The van der Waals surface area contributed by atoms with Crippen LogP contribution in [0.1, 0.15) is 105 Å². The Morgan fingerprint density at radius 2 is 0.949 bits per heavy atom. The summed E-state index contributed by atoms with van der Waals surface area (Å²) in [6.07, 6.45) is 4.59. The summed E-state index contributed by atoms with van der Waals surface area (Å²) in [5, 5.41) is 20.4. The highest BCUT2D eigenvalue weighted by Crippen LogP contribution is 2.39. The molecule has 1 aliphatic carbocycles. The van der Waals surface area contributed by atoms with Gasteiger partial charge in [-0.2, -0.15) is 16.8 Å². The Morgan fingerprint density at radius 1 is 0.538 bits per heavy atom. The van der Waals surface area contributed by atoms with Gasteiger partial charge in [-0.3, -0.25) is 13.9 Å². The van der Waals surface area contributed by atoms with E-state index in [4.69, 9.17) is 22.7 Å². The molecule has 6 aromatic carbocycles. The van der Waals surface area contributed by atoms with Gasteiger partial charge in [0.2, 0.25) is 5.91 Å². The first kappa shape index (κ1) is 56.2. The lowest BCUT2D eigenvalue weighted by atomic mass is 9.87. The van der Waals surface area contributed by atoms with Gasteiger partial charge in [0.25, 0.3) is 20.2 Å².